The third-order valence-corrected chi connectivity index (χ3v) is 5.13. The number of ether oxygens (including phenoxy) is 1. The second-order valence-corrected chi connectivity index (χ2v) is 8.82. The molecule has 0 aromatic heterocycles. The Morgan fingerprint density at radius 2 is 1.97 bits per heavy atom. The van der Waals surface area contributed by atoms with Gasteiger partial charge >= 0.3 is 0 Å². The molecule has 1 aliphatic heterocycles. The van der Waals surface area contributed by atoms with Gasteiger partial charge in [-0.2, -0.15) is 0 Å². The average Bonchev–Trinajstić information content (AvgIpc) is 2.75. The molecule has 5 nitrogen and oxygen atoms in total. The molecule has 0 fully saturated rings. The van der Waals surface area contributed by atoms with E-state index in [0.717, 1.165) is 17.7 Å². The summed E-state index contributed by atoms with van der Waals surface area (Å²) >= 11 is 0. The van der Waals surface area contributed by atoms with Gasteiger partial charge in [0.25, 0.3) is 5.91 Å². The quantitative estimate of drug-likeness (QED) is 0.772. The van der Waals surface area contributed by atoms with Gasteiger partial charge in [-0.05, 0) is 57.4 Å². The summed E-state index contributed by atoms with van der Waals surface area (Å²) in [6, 6.07) is 13.0. The molecular weight excluding hydrogens is 364 g/mol. The molecule has 1 heterocycles. The summed E-state index contributed by atoms with van der Waals surface area (Å²) in [5.74, 6) is 1.00. The van der Waals surface area contributed by atoms with E-state index in [1.165, 1.54) is 0 Å². The van der Waals surface area contributed by atoms with Gasteiger partial charge in [0.05, 0.1) is 11.1 Å². The molecule has 3 rings (SSSR count). The third kappa shape index (κ3) is 4.78. The SMILES string of the molecule is Cc1cccc(C(=O)Nc2ccc3c(c2)OCC(C)(C)C(=O)N3CCC(C)C)c1. The number of aryl methyl sites for hydroxylation is 1. The molecule has 1 N–H and O–H groups in total. The third-order valence-electron chi connectivity index (χ3n) is 5.13. The van der Waals surface area contributed by atoms with E-state index in [-0.39, 0.29) is 11.8 Å². The summed E-state index contributed by atoms with van der Waals surface area (Å²) < 4.78 is 6.00. The van der Waals surface area contributed by atoms with Gasteiger partial charge in [-0.25, -0.2) is 0 Å². The van der Waals surface area contributed by atoms with E-state index in [1.54, 1.807) is 12.1 Å². The Kier molecular flexibility index (Phi) is 5.96. The summed E-state index contributed by atoms with van der Waals surface area (Å²) in [5.41, 5.74) is 2.43. The van der Waals surface area contributed by atoms with E-state index in [0.29, 0.717) is 36.1 Å². The smallest absolute Gasteiger partial charge is 0.255 e. The number of anilines is 2. The zero-order valence-corrected chi connectivity index (χ0v) is 17.9. The number of carbonyl (C=O) groups is 2. The Morgan fingerprint density at radius 1 is 1.21 bits per heavy atom. The fraction of sp³-hybridized carbons (Fsp3) is 0.417. The van der Waals surface area contributed by atoms with Gasteiger partial charge in [0.1, 0.15) is 12.4 Å². The van der Waals surface area contributed by atoms with Gasteiger partial charge in [-0.1, -0.05) is 31.5 Å². The van der Waals surface area contributed by atoms with Gasteiger partial charge in [0.2, 0.25) is 5.91 Å². The van der Waals surface area contributed by atoms with Crippen molar-refractivity contribution in [2.24, 2.45) is 11.3 Å². The van der Waals surface area contributed by atoms with Crippen molar-refractivity contribution in [2.45, 2.75) is 41.0 Å². The molecule has 0 radical (unpaired) electrons. The number of fused-ring (bicyclic) bond motifs is 1. The van der Waals surface area contributed by atoms with Crippen molar-refractivity contribution >= 4 is 23.2 Å². The zero-order valence-electron chi connectivity index (χ0n) is 17.9. The first-order chi connectivity index (χ1) is 13.7. The number of carbonyl (C=O) groups excluding carboxylic acids is 2. The van der Waals surface area contributed by atoms with Gasteiger partial charge in [-0.3, -0.25) is 9.59 Å². The predicted molar refractivity (Wildman–Crippen MR) is 117 cm³/mol. The highest BCUT2D eigenvalue weighted by Gasteiger charge is 2.37. The topological polar surface area (TPSA) is 58.6 Å². The van der Waals surface area contributed by atoms with Crippen molar-refractivity contribution in [3.63, 3.8) is 0 Å². The fourth-order valence-corrected chi connectivity index (χ4v) is 3.32. The first-order valence-electron chi connectivity index (χ1n) is 10.1. The molecule has 0 bridgehead atoms. The van der Waals surface area contributed by atoms with E-state index >= 15 is 0 Å². The lowest BCUT2D eigenvalue weighted by molar-refractivity contribution is -0.127. The average molecular weight is 395 g/mol. The maximum Gasteiger partial charge on any atom is 0.255 e. The molecule has 154 valence electrons. The Balaban J connectivity index is 1.88. The normalized spacial score (nSPS) is 15.5. The molecule has 0 unspecified atom stereocenters. The minimum absolute atomic E-state index is 0.0634. The Bertz CT molecular complexity index is 918. The minimum Gasteiger partial charge on any atom is -0.490 e. The lowest BCUT2D eigenvalue weighted by Gasteiger charge is -2.28. The lowest BCUT2D eigenvalue weighted by Crippen LogP contribution is -2.42. The van der Waals surface area contributed by atoms with Crippen LogP contribution in [0.3, 0.4) is 0 Å². The first-order valence-corrected chi connectivity index (χ1v) is 10.1. The second kappa shape index (κ2) is 8.27. The van der Waals surface area contributed by atoms with Gasteiger partial charge in [-0.15, -0.1) is 0 Å². The molecule has 2 aromatic carbocycles. The van der Waals surface area contributed by atoms with Crippen LogP contribution >= 0.6 is 0 Å². The van der Waals surface area contributed by atoms with Crippen molar-refractivity contribution in [1.82, 2.24) is 0 Å². The molecule has 0 aliphatic carbocycles. The Labute approximate surface area is 173 Å². The van der Waals surface area contributed by atoms with Crippen molar-refractivity contribution in [3.05, 3.63) is 53.6 Å². The van der Waals surface area contributed by atoms with E-state index in [1.807, 2.05) is 56.0 Å². The molecular formula is C24H30N2O3. The van der Waals surface area contributed by atoms with Crippen molar-refractivity contribution in [3.8, 4) is 5.75 Å². The molecule has 0 atom stereocenters. The zero-order chi connectivity index (χ0) is 21.2. The summed E-state index contributed by atoms with van der Waals surface area (Å²) in [7, 11) is 0. The van der Waals surface area contributed by atoms with E-state index in [4.69, 9.17) is 4.74 Å². The minimum atomic E-state index is -0.610. The molecule has 5 heteroatoms. The summed E-state index contributed by atoms with van der Waals surface area (Å²) in [6.45, 7) is 11.0. The lowest BCUT2D eigenvalue weighted by atomic mass is 9.92. The van der Waals surface area contributed by atoms with Crippen LogP contribution in [0.15, 0.2) is 42.5 Å². The van der Waals surface area contributed by atoms with Crippen molar-refractivity contribution in [2.75, 3.05) is 23.4 Å². The maximum atomic E-state index is 13.1. The first kappa shape index (κ1) is 20.9. The van der Waals surface area contributed by atoms with E-state index < -0.39 is 5.41 Å². The molecule has 0 saturated heterocycles. The monoisotopic (exact) mass is 394 g/mol. The number of hydrogen-bond donors (Lipinski definition) is 1. The van der Waals surface area contributed by atoms with E-state index in [2.05, 4.69) is 19.2 Å². The second-order valence-electron chi connectivity index (χ2n) is 8.82. The fourth-order valence-electron chi connectivity index (χ4n) is 3.32. The molecule has 0 saturated carbocycles. The van der Waals surface area contributed by atoms with Crippen LogP contribution in [0, 0.1) is 18.3 Å². The Morgan fingerprint density at radius 3 is 2.66 bits per heavy atom. The number of nitrogens with zero attached hydrogens (tertiary/aromatic N) is 1. The number of benzene rings is 2. The summed E-state index contributed by atoms with van der Waals surface area (Å²) in [6.07, 6.45) is 0.910. The summed E-state index contributed by atoms with van der Waals surface area (Å²) in [4.78, 5) is 27.5. The van der Waals surface area contributed by atoms with Crippen LogP contribution in [-0.4, -0.2) is 25.0 Å². The standard InChI is InChI=1S/C24H30N2O3/c1-16(2)11-12-26-20-10-9-19(14-21(20)29-15-24(4,5)23(26)28)25-22(27)18-8-6-7-17(3)13-18/h6-10,13-14,16H,11-12,15H2,1-5H3,(H,25,27). The molecule has 0 spiro atoms. The van der Waals surface area contributed by atoms with Crippen LogP contribution in [0.5, 0.6) is 5.75 Å². The van der Waals surface area contributed by atoms with Crippen molar-refractivity contribution in [1.29, 1.82) is 0 Å². The van der Waals surface area contributed by atoms with Crippen LogP contribution in [0.4, 0.5) is 11.4 Å². The predicted octanol–water partition coefficient (Wildman–Crippen LogP) is 5.05. The number of amides is 2. The van der Waals surface area contributed by atoms with Crippen LogP contribution in [-0.2, 0) is 4.79 Å². The highest BCUT2D eigenvalue weighted by Crippen LogP contribution is 2.38. The number of nitrogens with one attached hydrogen (secondary N) is 1. The van der Waals surface area contributed by atoms with Crippen LogP contribution in [0.1, 0.15) is 50.0 Å². The highest BCUT2D eigenvalue weighted by atomic mass is 16.5. The molecule has 1 aliphatic rings. The van der Waals surface area contributed by atoms with E-state index in [9.17, 15) is 9.59 Å². The molecule has 2 amide bonds. The summed E-state index contributed by atoms with van der Waals surface area (Å²) in [5, 5.41) is 2.93. The molecule has 2 aromatic rings. The van der Waals surface area contributed by atoms with Gasteiger partial charge < -0.3 is 15.0 Å². The number of hydrogen-bond acceptors (Lipinski definition) is 3. The number of rotatable bonds is 5. The van der Waals surface area contributed by atoms with Crippen LogP contribution < -0.4 is 15.0 Å². The molecule has 29 heavy (non-hydrogen) atoms. The van der Waals surface area contributed by atoms with Crippen LogP contribution in [0.25, 0.3) is 0 Å². The van der Waals surface area contributed by atoms with Crippen LogP contribution in [0.2, 0.25) is 0 Å². The van der Waals surface area contributed by atoms with Gasteiger partial charge in [0.15, 0.2) is 0 Å². The highest BCUT2D eigenvalue weighted by molar-refractivity contribution is 6.05. The van der Waals surface area contributed by atoms with Crippen molar-refractivity contribution < 1.29 is 14.3 Å². The largest absolute Gasteiger partial charge is 0.490 e. The Hall–Kier alpha value is -2.82. The van der Waals surface area contributed by atoms with Gasteiger partial charge in [0, 0.05) is 23.9 Å². The maximum absolute atomic E-state index is 13.1.